The van der Waals surface area contributed by atoms with Gasteiger partial charge in [-0.2, -0.15) is 5.10 Å². The molecular formula is C8H11N4NaO5. The van der Waals surface area contributed by atoms with Gasteiger partial charge in [0.25, 0.3) is 0 Å². The predicted octanol–water partition coefficient (Wildman–Crippen LogP) is -6.08. The fourth-order valence-corrected chi connectivity index (χ4v) is 0.620. The number of hydrogen-bond acceptors (Lipinski definition) is 6. The second-order valence-corrected chi connectivity index (χ2v) is 2.62. The summed E-state index contributed by atoms with van der Waals surface area (Å²) in [5.41, 5.74) is 4.79. The van der Waals surface area contributed by atoms with Gasteiger partial charge >= 0.3 is 35.5 Å². The number of aromatic amines is 1. The molecule has 94 valence electrons. The zero-order chi connectivity index (χ0) is 13.3. The molecule has 0 aliphatic rings. The number of aromatic carboxylic acids is 1. The number of carbonyl (C=O) groups is 3. The number of hydrogen-bond donors (Lipinski definition) is 4. The zero-order valence-electron chi connectivity index (χ0n) is 9.67. The Labute approximate surface area is 124 Å². The van der Waals surface area contributed by atoms with Crippen LogP contribution in [0.5, 0.6) is 0 Å². The van der Waals surface area contributed by atoms with E-state index in [0.29, 0.717) is 0 Å². The van der Waals surface area contributed by atoms with E-state index in [2.05, 4.69) is 15.5 Å². The fraction of sp³-hybridized carbons (Fsp3) is 0.250. The molecule has 0 aromatic carbocycles. The number of carbonyl (C=O) groups excluding carboxylic acids is 2. The summed E-state index contributed by atoms with van der Waals surface area (Å²) in [6.45, 7) is -0.538. The Bertz CT molecular complexity index is 381. The first-order valence-electron chi connectivity index (χ1n) is 4.37. The number of rotatable bonds is 4. The first kappa shape index (κ1) is 18.9. The molecule has 1 aromatic heterocycles. The Morgan fingerprint density at radius 1 is 1.50 bits per heavy atom. The second kappa shape index (κ2) is 10.7. The van der Waals surface area contributed by atoms with Crippen LogP contribution >= 0.6 is 0 Å². The Morgan fingerprint density at radius 2 is 2.11 bits per heavy atom. The van der Waals surface area contributed by atoms with Crippen molar-refractivity contribution in [1.29, 1.82) is 0 Å². The van der Waals surface area contributed by atoms with Crippen LogP contribution in [-0.2, 0) is 9.59 Å². The van der Waals surface area contributed by atoms with Gasteiger partial charge in [-0.25, -0.2) is 0 Å². The largest absolute Gasteiger partial charge is 1.00 e. The number of amides is 1. The van der Waals surface area contributed by atoms with E-state index in [1.54, 1.807) is 0 Å². The third kappa shape index (κ3) is 9.78. The van der Waals surface area contributed by atoms with Crippen molar-refractivity contribution in [3.05, 3.63) is 18.0 Å². The van der Waals surface area contributed by atoms with E-state index in [-0.39, 0.29) is 48.3 Å². The minimum absolute atomic E-state index is 0. The Balaban J connectivity index is 0. The van der Waals surface area contributed by atoms with Crippen LogP contribution < -0.4 is 45.7 Å². The Morgan fingerprint density at radius 3 is 2.39 bits per heavy atom. The summed E-state index contributed by atoms with van der Waals surface area (Å²) in [5.74, 6) is -2.79. The molecule has 0 aliphatic carbocycles. The van der Waals surface area contributed by atoms with E-state index < -0.39 is 17.8 Å². The number of nitrogens with zero attached hydrogens (tertiary/aromatic N) is 1. The van der Waals surface area contributed by atoms with Crippen molar-refractivity contribution in [2.75, 3.05) is 13.1 Å². The summed E-state index contributed by atoms with van der Waals surface area (Å²) in [4.78, 5) is 29.8. The summed E-state index contributed by atoms with van der Waals surface area (Å²) in [6.07, 6.45) is 1.42. The van der Waals surface area contributed by atoms with E-state index in [4.69, 9.17) is 10.8 Å². The zero-order valence-corrected chi connectivity index (χ0v) is 11.7. The minimum Gasteiger partial charge on any atom is -0.543 e. The number of carboxylic acids is 2. The molecule has 0 spiro atoms. The summed E-state index contributed by atoms with van der Waals surface area (Å²) in [6, 6.07) is 1.33. The monoisotopic (exact) mass is 266 g/mol. The Kier molecular flexibility index (Phi) is 11.3. The number of carboxylic acid groups (broad SMARTS) is 2. The summed E-state index contributed by atoms with van der Waals surface area (Å²) >= 11 is 0. The van der Waals surface area contributed by atoms with Gasteiger partial charge in [-0.05, 0) is 6.07 Å². The SMILES string of the molecule is NCC(=O)NCC(=O)O.O=C([O-])c1cc[nH]n1.[Na+]. The fourth-order valence-electron chi connectivity index (χ4n) is 0.620. The quantitative estimate of drug-likeness (QED) is 0.394. The molecule has 0 unspecified atom stereocenters. The standard InChI is InChI=1S/C4H8N2O3.C4H4N2O2.Na/c5-1-3(7)6-2-4(8)9;7-4(8)3-1-2-5-6-3;/h1-2,5H2,(H,6,7)(H,8,9);1-2H,(H,5,6)(H,7,8);/q;;+1/p-1. The van der Waals surface area contributed by atoms with Gasteiger partial charge in [-0.3, -0.25) is 14.7 Å². The van der Waals surface area contributed by atoms with Crippen molar-refractivity contribution in [3.63, 3.8) is 0 Å². The third-order valence-corrected chi connectivity index (χ3v) is 1.33. The van der Waals surface area contributed by atoms with Crippen LogP contribution in [-0.4, -0.2) is 46.2 Å². The van der Waals surface area contributed by atoms with Gasteiger partial charge in [0.2, 0.25) is 5.91 Å². The van der Waals surface area contributed by atoms with E-state index in [1.165, 1.54) is 12.3 Å². The van der Waals surface area contributed by atoms with E-state index >= 15 is 0 Å². The smallest absolute Gasteiger partial charge is 0.543 e. The van der Waals surface area contributed by atoms with Gasteiger partial charge in [0.15, 0.2) is 0 Å². The van der Waals surface area contributed by atoms with Gasteiger partial charge < -0.3 is 26.1 Å². The number of H-pyrrole nitrogens is 1. The van der Waals surface area contributed by atoms with Crippen molar-refractivity contribution >= 4 is 17.8 Å². The first-order valence-corrected chi connectivity index (χ1v) is 4.37. The van der Waals surface area contributed by atoms with Crippen LogP contribution in [0.1, 0.15) is 10.5 Å². The molecule has 0 aliphatic heterocycles. The van der Waals surface area contributed by atoms with Gasteiger partial charge in [0.05, 0.1) is 12.5 Å². The molecule has 0 bridgehead atoms. The topological polar surface area (TPSA) is 161 Å². The maximum absolute atomic E-state index is 10.2. The molecule has 5 N–H and O–H groups in total. The van der Waals surface area contributed by atoms with Gasteiger partial charge in [0.1, 0.15) is 12.2 Å². The van der Waals surface area contributed by atoms with Crippen LogP contribution in [0.15, 0.2) is 12.3 Å². The van der Waals surface area contributed by atoms with Crippen LogP contribution in [0, 0.1) is 0 Å². The van der Waals surface area contributed by atoms with E-state index in [0.717, 1.165) is 0 Å². The number of aromatic nitrogens is 2. The summed E-state index contributed by atoms with van der Waals surface area (Å²) in [5, 5.41) is 25.6. The summed E-state index contributed by atoms with van der Waals surface area (Å²) < 4.78 is 0. The van der Waals surface area contributed by atoms with Crippen molar-refractivity contribution < 1.29 is 54.2 Å². The number of aliphatic carboxylic acids is 1. The molecule has 1 aromatic rings. The van der Waals surface area contributed by atoms with Gasteiger partial charge in [-0.1, -0.05) is 0 Å². The van der Waals surface area contributed by atoms with Gasteiger partial charge in [0, 0.05) is 6.20 Å². The van der Waals surface area contributed by atoms with Gasteiger partial charge in [-0.15, -0.1) is 0 Å². The molecule has 0 radical (unpaired) electrons. The summed E-state index contributed by atoms with van der Waals surface area (Å²) in [7, 11) is 0. The van der Waals surface area contributed by atoms with Crippen LogP contribution in [0.3, 0.4) is 0 Å². The molecule has 18 heavy (non-hydrogen) atoms. The van der Waals surface area contributed by atoms with Crippen molar-refractivity contribution in [2.45, 2.75) is 0 Å². The molecule has 1 amide bonds. The van der Waals surface area contributed by atoms with Crippen molar-refractivity contribution in [1.82, 2.24) is 15.5 Å². The predicted molar refractivity (Wildman–Crippen MR) is 52.6 cm³/mol. The maximum Gasteiger partial charge on any atom is 1.00 e. The minimum atomic E-state index is -1.26. The first-order chi connectivity index (χ1) is 7.97. The molecule has 0 saturated carbocycles. The average molecular weight is 266 g/mol. The molecule has 1 heterocycles. The van der Waals surface area contributed by atoms with Crippen molar-refractivity contribution in [3.8, 4) is 0 Å². The number of nitrogens with one attached hydrogen (secondary N) is 2. The molecule has 1 rings (SSSR count). The molecular weight excluding hydrogens is 255 g/mol. The molecule has 0 saturated heterocycles. The Hall–Kier alpha value is -1.42. The van der Waals surface area contributed by atoms with E-state index in [1.807, 2.05) is 0 Å². The average Bonchev–Trinajstić information content (AvgIpc) is 2.80. The molecule has 0 atom stereocenters. The van der Waals surface area contributed by atoms with Crippen LogP contribution in [0.4, 0.5) is 0 Å². The maximum atomic E-state index is 10.2. The van der Waals surface area contributed by atoms with Crippen LogP contribution in [0.25, 0.3) is 0 Å². The van der Waals surface area contributed by atoms with Crippen LogP contribution in [0.2, 0.25) is 0 Å². The number of nitrogens with two attached hydrogens (primary N) is 1. The normalized spacial score (nSPS) is 8.28. The second-order valence-electron chi connectivity index (χ2n) is 2.62. The molecule has 9 nitrogen and oxygen atoms in total. The molecule has 0 fully saturated rings. The van der Waals surface area contributed by atoms with Crippen molar-refractivity contribution in [2.24, 2.45) is 5.73 Å². The van der Waals surface area contributed by atoms with E-state index in [9.17, 15) is 19.5 Å². The third-order valence-electron chi connectivity index (χ3n) is 1.33. The molecule has 10 heteroatoms.